The molecule has 11 nitrogen and oxygen atoms in total. The Morgan fingerprint density at radius 2 is 1.29 bits per heavy atom. The van der Waals surface area contributed by atoms with Crippen LogP contribution in [0.4, 0.5) is 54.3 Å². The summed E-state index contributed by atoms with van der Waals surface area (Å²) in [5.41, 5.74) is 2.98. The number of ether oxygens (including phenoxy) is 1. The lowest BCUT2D eigenvalue weighted by Gasteiger charge is -2.32. The maximum atomic E-state index is 13.3. The van der Waals surface area contributed by atoms with Gasteiger partial charge in [-0.2, -0.15) is 18.4 Å². The first-order valence-electron chi connectivity index (χ1n) is 16.1. The number of hydrogen-bond acceptors (Lipinski definition) is 7. The monoisotopic (exact) mass is 722 g/mol. The normalized spacial score (nSPS) is 18.9. The lowest BCUT2D eigenvalue weighted by Crippen LogP contribution is -2.55. The highest BCUT2D eigenvalue weighted by Gasteiger charge is 2.32. The van der Waals surface area contributed by atoms with Crippen LogP contribution in [0.5, 0.6) is 5.75 Å². The van der Waals surface area contributed by atoms with E-state index < -0.39 is 36.3 Å². The fraction of sp³-hybridized carbons (Fsp3) is 0.278. The number of aromatic nitrogens is 1. The first-order valence-corrected chi connectivity index (χ1v) is 16.1. The quantitative estimate of drug-likeness (QED) is 0.106. The minimum atomic E-state index is -4.53. The molecule has 2 aliphatic rings. The number of hydrogen-bond donors (Lipinski definition) is 6. The van der Waals surface area contributed by atoms with Gasteiger partial charge in [-0.15, -0.1) is 0 Å². The molecule has 2 aliphatic heterocycles. The number of nitriles is 1. The van der Waals surface area contributed by atoms with E-state index in [0.717, 1.165) is 29.5 Å². The van der Waals surface area contributed by atoms with Crippen LogP contribution in [-0.2, 0) is 19.0 Å². The molecule has 3 aromatic carbocycles. The van der Waals surface area contributed by atoms with Gasteiger partial charge in [0, 0.05) is 36.5 Å². The van der Waals surface area contributed by atoms with Gasteiger partial charge in [-0.05, 0) is 78.6 Å². The standard InChI is InChI=1S/C19H19FN4O2.C17H16F4N4O/c1-26-18-7-4-13(10-21)9-17(18)24-19(25)23-14-5-2-12(3-6-14)8-16-15(20)11-22-16;18-13-9-22-14(13)7-10-1-3-11(4-2-10)24-16(26)25-12-5-6-15(23-8-12)17(19,20)21/h2-7,9,15-16,22H,8,11H2,1H3,(H2,23,24,25);1-6,8,13-14,22H,7,9H2,(H2,24,25,26)/t15-,16-;13-,14-/m11/s1. The molecule has 4 atom stereocenters. The molecule has 52 heavy (non-hydrogen) atoms. The van der Waals surface area contributed by atoms with Crippen LogP contribution in [0.15, 0.2) is 85.1 Å². The molecule has 3 heterocycles. The van der Waals surface area contributed by atoms with Gasteiger partial charge < -0.3 is 36.6 Å². The Bertz CT molecular complexity index is 1870. The second kappa shape index (κ2) is 16.9. The fourth-order valence-electron chi connectivity index (χ4n) is 5.19. The Hall–Kier alpha value is -5.79. The van der Waals surface area contributed by atoms with E-state index in [1.165, 1.54) is 7.11 Å². The van der Waals surface area contributed by atoms with Crippen molar-refractivity contribution in [3.63, 3.8) is 0 Å². The molecule has 0 unspecified atom stereocenters. The largest absolute Gasteiger partial charge is 0.495 e. The van der Waals surface area contributed by atoms with Crippen LogP contribution in [0.2, 0.25) is 0 Å². The zero-order valence-electron chi connectivity index (χ0n) is 27.7. The van der Waals surface area contributed by atoms with Gasteiger partial charge in [0.2, 0.25) is 0 Å². The first kappa shape index (κ1) is 37.5. The van der Waals surface area contributed by atoms with Crippen molar-refractivity contribution in [3.8, 4) is 11.8 Å². The number of carbonyl (C=O) groups is 2. The van der Waals surface area contributed by atoms with Crippen molar-refractivity contribution in [1.82, 2.24) is 15.6 Å². The summed E-state index contributed by atoms with van der Waals surface area (Å²) >= 11 is 0. The summed E-state index contributed by atoms with van der Waals surface area (Å²) in [6.07, 6.45) is -4.05. The maximum Gasteiger partial charge on any atom is 0.433 e. The van der Waals surface area contributed by atoms with E-state index in [4.69, 9.17) is 10.00 Å². The van der Waals surface area contributed by atoms with Gasteiger partial charge in [0.1, 0.15) is 23.8 Å². The van der Waals surface area contributed by atoms with Gasteiger partial charge in [0.15, 0.2) is 0 Å². The Labute approximate surface area is 296 Å². The van der Waals surface area contributed by atoms with E-state index >= 15 is 0 Å². The predicted molar refractivity (Wildman–Crippen MR) is 186 cm³/mol. The average molecular weight is 723 g/mol. The molecule has 4 aromatic rings. The third-order valence-corrected chi connectivity index (χ3v) is 8.25. The molecule has 2 fully saturated rings. The summed E-state index contributed by atoms with van der Waals surface area (Å²) in [4.78, 5) is 27.3. The number of alkyl halides is 5. The van der Waals surface area contributed by atoms with Crippen molar-refractivity contribution < 1.29 is 36.3 Å². The molecule has 6 N–H and O–H groups in total. The number of nitrogens with zero attached hydrogens (tertiary/aromatic N) is 2. The van der Waals surface area contributed by atoms with Gasteiger partial charge in [0.25, 0.3) is 0 Å². The molecule has 0 aliphatic carbocycles. The van der Waals surface area contributed by atoms with Crippen molar-refractivity contribution in [1.29, 1.82) is 5.26 Å². The highest BCUT2D eigenvalue weighted by molar-refractivity contribution is 6.01. The van der Waals surface area contributed by atoms with E-state index in [9.17, 15) is 31.5 Å². The van der Waals surface area contributed by atoms with E-state index in [1.807, 2.05) is 18.2 Å². The van der Waals surface area contributed by atoms with Crippen LogP contribution in [0.1, 0.15) is 22.4 Å². The number of halogens is 5. The number of rotatable bonds is 9. The highest BCUT2D eigenvalue weighted by Crippen LogP contribution is 2.28. The van der Waals surface area contributed by atoms with E-state index in [2.05, 4.69) is 36.9 Å². The van der Waals surface area contributed by atoms with Crippen LogP contribution in [0, 0.1) is 11.3 Å². The third-order valence-electron chi connectivity index (χ3n) is 8.25. The van der Waals surface area contributed by atoms with Crippen LogP contribution >= 0.6 is 0 Å². The number of urea groups is 2. The topological polar surface area (TPSA) is 152 Å². The van der Waals surface area contributed by atoms with Crippen LogP contribution < -0.4 is 36.6 Å². The van der Waals surface area contributed by atoms with Crippen molar-refractivity contribution in [3.05, 3.63) is 107 Å². The van der Waals surface area contributed by atoms with Gasteiger partial charge in [0.05, 0.1) is 36.3 Å². The molecule has 0 bridgehead atoms. The molecule has 0 spiro atoms. The zero-order valence-corrected chi connectivity index (χ0v) is 27.7. The smallest absolute Gasteiger partial charge is 0.433 e. The summed E-state index contributed by atoms with van der Waals surface area (Å²) in [6.45, 7) is 0.796. The molecule has 0 radical (unpaired) electrons. The number of carbonyl (C=O) groups excluding carboxylic acids is 2. The summed E-state index contributed by atoms with van der Waals surface area (Å²) in [5.74, 6) is 0.461. The van der Waals surface area contributed by atoms with Crippen molar-refractivity contribution in [2.45, 2.75) is 43.4 Å². The Balaban J connectivity index is 0.000000201. The lowest BCUT2D eigenvalue weighted by molar-refractivity contribution is -0.141. The summed E-state index contributed by atoms with van der Waals surface area (Å²) in [5, 5.41) is 25.4. The number of nitrogens with one attached hydrogen (secondary N) is 6. The summed E-state index contributed by atoms with van der Waals surface area (Å²) in [7, 11) is 1.49. The second-order valence-corrected chi connectivity index (χ2v) is 12.0. The van der Waals surface area contributed by atoms with Crippen molar-refractivity contribution in [2.75, 3.05) is 41.5 Å². The first-order chi connectivity index (χ1) is 24.9. The van der Waals surface area contributed by atoms with Crippen LogP contribution in [-0.4, -0.2) is 61.7 Å². The van der Waals surface area contributed by atoms with Crippen molar-refractivity contribution in [2.24, 2.45) is 0 Å². The molecule has 272 valence electrons. The third kappa shape index (κ3) is 10.4. The molecule has 0 saturated carbocycles. The van der Waals surface area contributed by atoms with Crippen LogP contribution in [0.25, 0.3) is 0 Å². The van der Waals surface area contributed by atoms with Gasteiger partial charge in [-0.1, -0.05) is 24.3 Å². The van der Waals surface area contributed by atoms with Gasteiger partial charge in [-0.3, -0.25) is 0 Å². The molecule has 6 rings (SSSR count). The molecule has 4 amide bonds. The fourth-order valence-corrected chi connectivity index (χ4v) is 5.19. The van der Waals surface area contributed by atoms with E-state index in [1.54, 1.807) is 54.6 Å². The van der Waals surface area contributed by atoms with Gasteiger partial charge >= 0.3 is 18.2 Å². The summed E-state index contributed by atoms with van der Waals surface area (Å²) in [6, 6.07) is 21.5. The Morgan fingerprint density at radius 3 is 1.69 bits per heavy atom. The molecular weight excluding hydrogens is 687 g/mol. The number of benzene rings is 3. The second-order valence-electron chi connectivity index (χ2n) is 12.0. The van der Waals surface area contributed by atoms with Crippen LogP contribution in [0.3, 0.4) is 0 Å². The van der Waals surface area contributed by atoms with Crippen molar-refractivity contribution >= 4 is 34.8 Å². The van der Waals surface area contributed by atoms with E-state index in [-0.39, 0.29) is 17.8 Å². The minimum absolute atomic E-state index is 0.128. The summed E-state index contributed by atoms with van der Waals surface area (Å²) < 4.78 is 69.0. The maximum absolute atomic E-state index is 13.3. The van der Waals surface area contributed by atoms with Gasteiger partial charge in [-0.25, -0.2) is 23.4 Å². The number of amides is 4. The highest BCUT2D eigenvalue weighted by atomic mass is 19.4. The molecular formula is C36H35F5N8O3. The number of methoxy groups -OCH3 is 1. The minimum Gasteiger partial charge on any atom is -0.495 e. The molecule has 1 aromatic heterocycles. The average Bonchev–Trinajstić information content (AvgIpc) is 3.12. The molecule has 2 saturated heterocycles. The SMILES string of the molecule is COc1ccc(C#N)cc1NC(=O)Nc1ccc(C[C@H]2NC[C@H]2F)cc1.O=C(Nc1ccc(C[C@H]2NC[C@H]2F)cc1)Nc1ccc(C(F)(F)F)nc1. The predicted octanol–water partition coefficient (Wildman–Crippen LogP) is 6.66. The zero-order chi connectivity index (χ0) is 37.3. The molecule has 16 heteroatoms. The van der Waals surface area contributed by atoms with E-state index in [0.29, 0.717) is 54.3 Å². The number of anilines is 4. The Kier molecular flexibility index (Phi) is 12.2. The Morgan fingerprint density at radius 1 is 0.788 bits per heavy atom. The number of pyridine rings is 1. The lowest BCUT2D eigenvalue weighted by atomic mass is 9.96.